The van der Waals surface area contributed by atoms with Crippen molar-refractivity contribution in [2.75, 3.05) is 19.7 Å². The number of rotatable bonds is 3. The number of halogens is 1. The quantitative estimate of drug-likeness (QED) is 0.939. The Balaban J connectivity index is 1.83. The molecule has 1 aliphatic rings. The van der Waals surface area contributed by atoms with Gasteiger partial charge in [-0.2, -0.15) is 0 Å². The SMILES string of the molecule is Fc1ccc(Oc2nccs2)cc1[C@@H]1CNCCO1. The van der Waals surface area contributed by atoms with E-state index in [-0.39, 0.29) is 11.9 Å². The maximum Gasteiger partial charge on any atom is 0.278 e. The monoisotopic (exact) mass is 280 g/mol. The lowest BCUT2D eigenvalue weighted by Gasteiger charge is -2.24. The van der Waals surface area contributed by atoms with Crippen LogP contribution < -0.4 is 10.1 Å². The third-order valence-corrected chi connectivity index (χ3v) is 3.50. The van der Waals surface area contributed by atoms with Crippen molar-refractivity contribution in [2.24, 2.45) is 0 Å². The molecule has 0 saturated carbocycles. The topological polar surface area (TPSA) is 43.4 Å². The maximum absolute atomic E-state index is 13.9. The summed E-state index contributed by atoms with van der Waals surface area (Å²) in [6, 6.07) is 4.67. The minimum atomic E-state index is -0.278. The molecule has 4 nitrogen and oxygen atoms in total. The molecule has 6 heteroatoms. The van der Waals surface area contributed by atoms with Crippen LogP contribution in [-0.4, -0.2) is 24.7 Å². The van der Waals surface area contributed by atoms with Gasteiger partial charge in [-0.15, -0.1) is 0 Å². The van der Waals surface area contributed by atoms with Crippen molar-refractivity contribution in [3.8, 4) is 10.9 Å². The Morgan fingerprint density at radius 2 is 2.42 bits per heavy atom. The lowest BCUT2D eigenvalue weighted by Crippen LogP contribution is -2.33. The average molecular weight is 280 g/mol. The van der Waals surface area contributed by atoms with Crippen LogP contribution in [0.3, 0.4) is 0 Å². The number of aromatic nitrogens is 1. The molecule has 19 heavy (non-hydrogen) atoms. The number of morpholine rings is 1. The molecule has 100 valence electrons. The second-order valence-electron chi connectivity index (χ2n) is 4.15. The predicted molar refractivity (Wildman–Crippen MR) is 70.2 cm³/mol. The zero-order chi connectivity index (χ0) is 13.1. The summed E-state index contributed by atoms with van der Waals surface area (Å²) in [5, 5.41) is 5.55. The number of ether oxygens (including phenoxy) is 2. The van der Waals surface area contributed by atoms with Crippen molar-refractivity contribution in [1.82, 2.24) is 10.3 Å². The largest absolute Gasteiger partial charge is 0.431 e. The van der Waals surface area contributed by atoms with E-state index in [9.17, 15) is 4.39 Å². The van der Waals surface area contributed by atoms with E-state index in [0.717, 1.165) is 6.54 Å². The van der Waals surface area contributed by atoms with Crippen molar-refractivity contribution < 1.29 is 13.9 Å². The minimum absolute atomic E-state index is 0.270. The highest BCUT2D eigenvalue weighted by Crippen LogP contribution is 2.29. The van der Waals surface area contributed by atoms with Crippen molar-refractivity contribution in [3.63, 3.8) is 0 Å². The van der Waals surface area contributed by atoms with Crippen LogP contribution in [0.1, 0.15) is 11.7 Å². The van der Waals surface area contributed by atoms with Crippen LogP contribution >= 0.6 is 11.3 Å². The first kappa shape index (κ1) is 12.5. The number of hydrogen-bond acceptors (Lipinski definition) is 5. The molecule has 0 radical (unpaired) electrons. The van der Waals surface area contributed by atoms with Crippen LogP contribution in [0.2, 0.25) is 0 Å². The first-order valence-electron chi connectivity index (χ1n) is 6.02. The number of hydrogen-bond donors (Lipinski definition) is 1. The maximum atomic E-state index is 13.9. The van der Waals surface area contributed by atoms with Crippen molar-refractivity contribution in [3.05, 3.63) is 41.2 Å². The molecule has 0 amide bonds. The van der Waals surface area contributed by atoms with Crippen LogP contribution in [0.15, 0.2) is 29.8 Å². The van der Waals surface area contributed by atoms with Crippen LogP contribution in [0, 0.1) is 5.82 Å². The molecule has 2 aromatic rings. The summed E-state index contributed by atoms with van der Waals surface area (Å²) >= 11 is 1.39. The van der Waals surface area contributed by atoms with Gasteiger partial charge in [-0.3, -0.25) is 0 Å². The summed E-state index contributed by atoms with van der Waals surface area (Å²) in [7, 11) is 0. The molecular formula is C13H13FN2O2S. The highest BCUT2D eigenvalue weighted by molar-refractivity contribution is 7.11. The Labute approximate surface area is 114 Å². The van der Waals surface area contributed by atoms with Gasteiger partial charge in [0.25, 0.3) is 5.19 Å². The van der Waals surface area contributed by atoms with E-state index in [1.54, 1.807) is 18.3 Å². The first-order valence-corrected chi connectivity index (χ1v) is 6.90. The molecule has 0 aliphatic carbocycles. The summed E-state index contributed by atoms with van der Waals surface area (Å²) in [5.41, 5.74) is 0.515. The lowest BCUT2D eigenvalue weighted by molar-refractivity contribution is 0.0254. The third-order valence-electron chi connectivity index (χ3n) is 2.86. The van der Waals surface area contributed by atoms with Gasteiger partial charge in [-0.25, -0.2) is 9.37 Å². The lowest BCUT2D eigenvalue weighted by atomic mass is 10.1. The molecular weight excluding hydrogens is 267 g/mol. The second kappa shape index (κ2) is 5.64. The molecule has 3 rings (SSSR count). The highest BCUT2D eigenvalue weighted by atomic mass is 32.1. The van der Waals surface area contributed by atoms with Gasteiger partial charge < -0.3 is 14.8 Å². The van der Waals surface area contributed by atoms with E-state index in [1.165, 1.54) is 17.4 Å². The molecule has 1 atom stereocenters. The predicted octanol–water partition coefficient (Wildman–Crippen LogP) is 2.74. The van der Waals surface area contributed by atoms with Gasteiger partial charge in [0.15, 0.2) is 0 Å². The fraction of sp³-hybridized carbons (Fsp3) is 0.308. The van der Waals surface area contributed by atoms with E-state index in [0.29, 0.717) is 29.7 Å². The Bertz CT molecular complexity index is 542. The Hall–Kier alpha value is -1.50. The second-order valence-corrected chi connectivity index (χ2v) is 5.00. The van der Waals surface area contributed by atoms with Crippen LogP contribution in [0.4, 0.5) is 4.39 Å². The van der Waals surface area contributed by atoms with Gasteiger partial charge in [-0.1, -0.05) is 11.3 Å². The summed E-state index contributed by atoms with van der Waals surface area (Å²) in [5.74, 6) is 0.292. The van der Waals surface area contributed by atoms with Gasteiger partial charge in [0.1, 0.15) is 11.6 Å². The molecule has 1 aromatic heterocycles. The normalized spacial score (nSPS) is 19.3. The highest BCUT2D eigenvalue weighted by Gasteiger charge is 2.20. The van der Waals surface area contributed by atoms with Gasteiger partial charge >= 0.3 is 0 Å². The van der Waals surface area contributed by atoms with E-state index in [4.69, 9.17) is 9.47 Å². The fourth-order valence-corrected chi connectivity index (χ4v) is 2.46. The van der Waals surface area contributed by atoms with E-state index in [1.807, 2.05) is 5.38 Å². The number of benzene rings is 1. The van der Waals surface area contributed by atoms with Crippen molar-refractivity contribution in [1.29, 1.82) is 0 Å². The average Bonchev–Trinajstić information content (AvgIpc) is 2.95. The van der Waals surface area contributed by atoms with E-state index in [2.05, 4.69) is 10.3 Å². The molecule has 1 saturated heterocycles. The summed E-state index contributed by atoms with van der Waals surface area (Å²) in [6.07, 6.45) is 1.40. The van der Waals surface area contributed by atoms with Crippen molar-refractivity contribution in [2.45, 2.75) is 6.10 Å². The number of nitrogens with zero attached hydrogens (tertiary/aromatic N) is 1. The molecule has 1 aromatic carbocycles. The zero-order valence-corrected chi connectivity index (χ0v) is 11.0. The minimum Gasteiger partial charge on any atom is -0.431 e. The third kappa shape index (κ3) is 2.91. The zero-order valence-electron chi connectivity index (χ0n) is 10.1. The summed E-state index contributed by atoms with van der Waals surface area (Å²) in [6.45, 7) is 1.99. The van der Waals surface area contributed by atoms with E-state index < -0.39 is 0 Å². The van der Waals surface area contributed by atoms with Crippen LogP contribution in [0.25, 0.3) is 0 Å². The molecule has 0 spiro atoms. The summed E-state index contributed by atoms with van der Waals surface area (Å²) < 4.78 is 25.0. The molecule has 0 unspecified atom stereocenters. The first-order chi connectivity index (χ1) is 9.33. The van der Waals surface area contributed by atoms with Gasteiger partial charge in [-0.05, 0) is 18.2 Å². The molecule has 1 N–H and O–H groups in total. The van der Waals surface area contributed by atoms with E-state index >= 15 is 0 Å². The number of thiazole rings is 1. The van der Waals surface area contributed by atoms with Crippen molar-refractivity contribution >= 4 is 11.3 Å². The Morgan fingerprint density at radius 1 is 1.47 bits per heavy atom. The molecule has 1 aliphatic heterocycles. The Morgan fingerprint density at radius 3 is 3.16 bits per heavy atom. The molecule has 1 fully saturated rings. The molecule has 0 bridgehead atoms. The fourth-order valence-electron chi connectivity index (χ4n) is 1.96. The standard InChI is InChI=1S/C13H13FN2O2S/c14-11-2-1-9(18-13-16-4-6-19-13)7-10(11)12-8-15-3-5-17-12/h1-2,4,6-7,12,15H,3,5,8H2/t12-/m0/s1. The van der Waals surface area contributed by atoms with Gasteiger partial charge in [0, 0.05) is 30.2 Å². The number of nitrogens with one attached hydrogen (secondary N) is 1. The summed E-state index contributed by atoms with van der Waals surface area (Å²) in [4.78, 5) is 4.04. The van der Waals surface area contributed by atoms with Gasteiger partial charge in [0.05, 0.1) is 12.7 Å². The smallest absolute Gasteiger partial charge is 0.278 e. The van der Waals surface area contributed by atoms with Gasteiger partial charge in [0.2, 0.25) is 0 Å². The van der Waals surface area contributed by atoms with Crippen LogP contribution in [0.5, 0.6) is 10.9 Å². The Kier molecular flexibility index (Phi) is 3.72. The van der Waals surface area contributed by atoms with Crippen LogP contribution in [-0.2, 0) is 4.74 Å². The molecule has 2 heterocycles.